The average Bonchev–Trinajstić information content (AvgIpc) is 2.40. The molecule has 1 aromatic rings. The maximum atomic E-state index is 10.3. The Hall–Kier alpha value is -0.900. The first kappa shape index (κ1) is 17.2. The Kier molecular flexibility index (Phi) is 7.82. The lowest BCUT2D eigenvalue weighted by Gasteiger charge is -2.23. The quantitative estimate of drug-likeness (QED) is 0.730. The first-order chi connectivity index (χ1) is 9.56. The summed E-state index contributed by atoms with van der Waals surface area (Å²) in [5, 5.41) is 19.4. The number of aliphatic hydroxyl groups excluding tert-OH is 2. The van der Waals surface area contributed by atoms with Crippen LogP contribution in [0.2, 0.25) is 0 Å². The fourth-order valence-corrected chi connectivity index (χ4v) is 2.53. The second-order valence-electron chi connectivity index (χ2n) is 5.64. The van der Waals surface area contributed by atoms with Crippen molar-refractivity contribution in [2.75, 3.05) is 26.2 Å². The van der Waals surface area contributed by atoms with Crippen LogP contribution in [0.15, 0.2) is 18.2 Å². The summed E-state index contributed by atoms with van der Waals surface area (Å²) in [5.41, 5.74) is 3.39. The van der Waals surface area contributed by atoms with E-state index in [1.807, 2.05) is 0 Å². The van der Waals surface area contributed by atoms with E-state index in [9.17, 15) is 5.11 Å². The number of hydrogen-bond donors (Lipinski definition) is 2. The summed E-state index contributed by atoms with van der Waals surface area (Å²) in [4.78, 5) is 2.23. The Labute approximate surface area is 123 Å². The van der Waals surface area contributed by atoms with Crippen LogP contribution in [-0.2, 0) is 0 Å². The zero-order chi connectivity index (χ0) is 15.0. The first-order valence-electron chi connectivity index (χ1n) is 7.66. The molecule has 0 fully saturated rings. The van der Waals surface area contributed by atoms with Crippen molar-refractivity contribution < 1.29 is 10.2 Å². The van der Waals surface area contributed by atoms with Gasteiger partial charge in [-0.05, 0) is 38.8 Å². The highest BCUT2D eigenvalue weighted by Gasteiger charge is 2.11. The Morgan fingerprint density at radius 2 is 1.70 bits per heavy atom. The molecular weight excluding hydrogens is 250 g/mol. The lowest BCUT2D eigenvalue weighted by atomic mass is 10.0. The molecule has 0 radical (unpaired) electrons. The minimum absolute atomic E-state index is 0.184. The molecule has 3 nitrogen and oxygen atoms in total. The standard InChI is InChI=1S/C17H29NO2/c1-4-5-7-18(9-10-19)8-6-17(20)16-12-14(2)11-15(3)13-16/h11-13,17,19-20H,4-10H2,1-3H3. The summed E-state index contributed by atoms with van der Waals surface area (Å²) in [6.07, 6.45) is 2.59. The van der Waals surface area contributed by atoms with E-state index in [1.165, 1.54) is 11.1 Å². The molecule has 1 aromatic carbocycles. The highest BCUT2D eigenvalue weighted by molar-refractivity contribution is 5.29. The van der Waals surface area contributed by atoms with Gasteiger partial charge in [0.25, 0.3) is 0 Å². The summed E-state index contributed by atoms with van der Waals surface area (Å²) in [6.45, 7) is 8.99. The minimum Gasteiger partial charge on any atom is -0.395 e. The second kappa shape index (κ2) is 9.11. The molecule has 1 rings (SSSR count). The third-order valence-electron chi connectivity index (χ3n) is 3.59. The largest absolute Gasteiger partial charge is 0.395 e. The summed E-state index contributed by atoms with van der Waals surface area (Å²) in [5.74, 6) is 0. The Morgan fingerprint density at radius 3 is 2.25 bits per heavy atom. The van der Waals surface area contributed by atoms with Gasteiger partial charge in [-0.1, -0.05) is 42.7 Å². The van der Waals surface area contributed by atoms with Crippen molar-refractivity contribution >= 4 is 0 Å². The van der Waals surface area contributed by atoms with Crippen molar-refractivity contribution in [3.8, 4) is 0 Å². The first-order valence-corrected chi connectivity index (χ1v) is 7.66. The van der Waals surface area contributed by atoms with Crippen LogP contribution in [0.5, 0.6) is 0 Å². The number of hydrogen-bond acceptors (Lipinski definition) is 3. The van der Waals surface area contributed by atoms with E-state index < -0.39 is 6.10 Å². The molecule has 0 aliphatic heterocycles. The SMILES string of the molecule is CCCCN(CCO)CCC(O)c1cc(C)cc(C)c1. The van der Waals surface area contributed by atoms with Crippen molar-refractivity contribution in [3.05, 3.63) is 34.9 Å². The maximum absolute atomic E-state index is 10.3. The topological polar surface area (TPSA) is 43.7 Å². The predicted octanol–water partition coefficient (Wildman–Crippen LogP) is 2.82. The molecule has 0 spiro atoms. The van der Waals surface area contributed by atoms with Crippen LogP contribution >= 0.6 is 0 Å². The van der Waals surface area contributed by atoms with Gasteiger partial charge in [-0.3, -0.25) is 0 Å². The molecule has 0 heterocycles. The summed E-state index contributed by atoms with van der Waals surface area (Å²) < 4.78 is 0. The third kappa shape index (κ3) is 6.04. The van der Waals surface area contributed by atoms with Gasteiger partial charge in [-0.25, -0.2) is 0 Å². The van der Waals surface area contributed by atoms with Gasteiger partial charge in [0, 0.05) is 13.1 Å². The molecule has 0 aliphatic rings. The number of aliphatic hydroxyl groups is 2. The van der Waals surface area contributed by atoms with Gasteiger partial charge in [0.1, 0.15) is 0 Å². The van der Waals surface area contributed by atoms with Gasteiger partial charge in [0.15, 0.2) is 0 Å². The highest BCUT2D eigenvalue weighted by Crippen LogP contribution is 2.20. The molecule has 3 heteroatoms. The fraction of sp³-hybridized carbons (Fsp3) is 0.647. The number of nitrogens with zero attached hydrogens (tertiary/aromatic N) is 1. The van der Waals surface area contributed by atoms with E-state index in [0.717, 1.165) is 31.5 Å². The molecule has 0 bridgehead atoms. The van der Waals surface area contributed by atoms with E-state index in [2.05, 4.69) is 43.9 Å². The van der Waals surface area contributed by atoms with E-state index in [-0.39, 0.29) is 6.61 Å². The minimum atomic E-state index is -0.420. The molecule has 0 aromatic heterocycles. The lowest BCUT2D eigenvalue weighted by Crippen LogP contribution is -2.30. The monoisotopic (exact) mass is 279 g/mol. The van der Waals surface area contributed by atoms with Crippen molar-refractivity contribution in [1.29, 1.82) is 0 Å². The normalized spacial score (nSPS) is 12.9. The average molecular weight is 279 g/mol. The van der Waals surface area contributed by atoms with Crippen molar-refractivity contribution in [2.24, 2.45) is 0 Å². The Bertz CT molecular complexity index is 372. The smallest absolute Gasteiger partial charge is 0.0802 e. The molecule has 1 atom stereocenters. The Morgan fingerprint density at radius 1 is 1.05 bits per heavy atom. The molecule has 0 saturated carbocycles. The molecule has 0 aliphatic carbocycles. The summed E-state index contributed by atoms with van der Waals surface area (Å²) >= 11 is 0. The molecule has 2 N–H and O–H groups in total. The molecule has 114 valence electrons. The third-order valence-corrected chi connectivity index (χ3v) is 3.59. The van der Waals surface area contributed by atoms with Crippen LogP contribution < -0.4 is 0 Å². The zero-order valence-corrected chi connectivity index (χ0v) is 13.1. The van der Waals surface area contributed by atoms with Crippen molar-refractivity contribution in [2.45, 2.75) is 46.1 Å². The maximum Gasteiger partial charge on any atom is 0.0802 e. The second-order valence-corrected chi connectivity index (χ2v) is 5.64. The van der Waals surface area contributed by atoms with Crippen LogP contribution in [0, 0.1) is 13.8 Å². The van der Waals surface area contributed by atoms with Gasteiger partial charge in [0.2, 0.25) is 0 Å². The molecule has 1 unspecified atom stereocenters. The molecule has 0 saturated heterocycles. The fourth-order valence-electron chi connectivity index (χ4n) is 2.53. The van der Waals surface area contributed by atoms with Crippen LogP contribution in [-0.4, -0.2) is 41.4 Å². The van der Waals surface area contributed by atoms with Gasteiger partial charge < -0.3 is 15.1 Å². The molecule has 20 heavy (non-hydrogen) atoms. The number of rotatable bonds is 9. The summed E-state index contributed by atoms with van der Waals surface area (Å²) in [6, 6.07) is 6.23. The number of unbranched alkanes of at least 4 members (excludes halogenated alkanes) is 1. The molecular formula is C17H29NO2. The van der Waals surface area contributed by atoms with Gasteiger partial charge in [-0.2, -0.15) is 0 Å². The van der Waals surface area contributed by atoms with Gasteiger partial charge in [-0.15, -0.1) is 0 Å². The zero-order valence-electron chi connectivity index (χ0n) is 13.1. The van der Waals surface area contributed by atoms with Gasteiger partial charge in [0.05, 0.1) is 12.7 Å². The van der Waals surface area contributed by atoms with E-state index >= 15 is 0 Å². The van der Waals surface area contributed by atoms with E-state index in [1.54, 1.807) is 0 Å². The van der Waals surface area contributed by atoms with Crippen LogP contribution in [0.3, 0.4) is 0 Å². The Balaban J connectivity index is 2.53. The summed E-state index contributed by atoms with van der Waals surface area (Å²) in [7, 11) is 0. The van der Waals surface area contributed by atoms with Crippen LogP contribution in [0.4, 0.5) is 0 Å². The highest BCUT2D eigenvalue weighted by atomic mass is 16.3. The molecule has 0 amide bonds. The van der Waals surface area contributed by atoms with E-state index in [0.29, 0.717) is 13.0 Å². The van der Waals surface area contributed by atoms with Crippen LogP contribution in [0.25, 0.3) is 0 Å². The van der Waals surface area contributed by atoms with E-state index in [4.69, 9.17) is 5.11 Å². The van der Waals surface area contributed by atoms with Crippen LogP contribution in [0.1, 0.15) is 49.0 Å². The number of benzene rings is 1. The van der Waals surface area contributed by atoms with Crippen molar-refractivity contribution in [1.82, 2.24) is 4.90 Å². The predicted molar refractivity (Wildman–Crippen MR) is 83.9 cm³/mol. The van der Waals surface area contributed by atoms with Gasteiger partial charge >= 0.3 is 0 Å². The number of aryl methyl sites for hydroxylation is 2. The lowest BCUT2D eigenvalue weighted by molar-refractivity contribution is 0.130. The van der Waals surface area contributed by atoms with Crippen molar-refractivity contribution in [3.63, 3.8) is 0 Å².